The van der Waals surface area contributed by atoms with E-state index in [2.05, 4.69) is 39.8 Å². The molecule has 2 aliphatic rings. The van der Waals surface area contributed by atoms with Gasteiger partial charge in [-0.15, -0.1) is 25.7 Å². The van der Waals surface area contributed by atoms with Crippen LogP contribution in [0.2, 0.25) is 0 Å². The fourth-order valence-electron chi connectivity index (χ4n) is 2.87. The van der Waals surface area contributed by atoms with Gasteiger partial charge in [0.05, 0.1) is 0 Å². The molecule has 0 amide bonds. The Morgan fingerprint density at radius 1 is 0.452 bits per heavy atom. The molecule has 0 saturated heterocycles. The Labute approximate surface area is 217 Å². The summed E-state index contributed by atoms with van der Waals surface area (Å²) in [6, 6.07) is 0. The van der Waals surface area contributed by atoms with E-state index in [1.807, 2.05) is 64.2 Å². The first-order valence-corrected chi connectivity index (χ1v) is 12.3. The number of allylic oxidation sites excluding steroid dienone is 4. The first-order chi connectivity index (χ1) is 14.8. The van der Waals surface area contributed by atoms with Crippen LogP contribution in [0.3, 0.4) is 0 Å². The summed E-state index contributed by atoms with van der Waals surface area (Å²) < 4.78 is 0. The average Bonchev–Trinajstić information content (AvgIpc) is 3.52. The zero-order valence-corrected chi connectivity index (χ0v) is 23.2. The summed E-state index contributed by atoms with van der Waals surface area (Å²) in [6.07, 6.45) is 42.3. The Bertz CT molecular complexity index is 332. The summed E-state index contributed by atoms with van der Waals surface area (Å²) in [5.41, 5.74) is 2.98. The maximum absolute atomic E-state index is 3.71. The van der Waals surface area contributed by atoms with Gasteiger partial charge in [0.1, 0.15) is 0 Å². The van der Waals surface area contributed by atoms with Crippen molar-refractivity contribution < 1.29 is 26.2 Å². The summed E-state index contributed by atoms with van der Waals surface area (Å²) in [5, 5.41) is 0. The minimum absolute atomic E-state index is 0. The Kier molecular flexibility index (Phi) is 30.7. The van der Waals surface area contributed by atoms with Crippen LogP contribution in [0, 0.1) is 76.4 Å². The zero-order chi connectivity index (χ0) is 22.1. The maximum atomic E-state index is 3.71. The van der Waals surface area contributed by atoms with Gasteiger partial charge in [-0.2, -0.15) is 0 Å². The maximum Gasteiger partial charge on any atom is 4.00 e. The van der Waals surface area contributed by atoms with E-state index in [9.17, 15) is 0 Å². The monoisotopic (exact) mass is 496 g/mol. The van der Waals surface area contributed by atoms with E-state index in [4.69, 9.17) is 0 Å². The molecule has 2 rings (SSSR count). The Hall–Kier alpha value is 0.363. The van der Waals surface area contributed by atoms with Crippen LogP contribution in [-0.4, -0.2) is 0 Å². The first-order valence-electron chi connectivity index (χ1n) is 12.3. The third-order valence-corrected chi connectivity index (χ3v) is 4.77. The van der Waals surface area contributed by atoms with Gasteiger partial charge in [-0.1, -0.05) is 79.1 Å². The molecule has 0 N–H and O–H groups in total. The molecule has 31 heavy (non-hydrogen) atoms. The van der Waals surface area contributed by atoms with Crippen LogP contribution in [0.4, 0.5) is 0 Å². The van der Waals surface area contributed by atoms with Crippen molar-refractivity contribution in [2.45, 2.75) is 105 Å². The van der Waals surface area contributed by atoms with Gasteiger partial charge in [-0.3, -0.25) is 0 Å². The summed E-state index contributed by atoms with van der Waals surface area (Å²) >= 11 is 0. The van der Waals surface area contributed by atoms with E-state index in [1.165, 1.54) is 75.4 Å². The molecule has 1 heteroatoms. The second-order valence-corrected chi connectivity index (χ2v) is 7.65. The molecule has 0 aromatic rings. The van der Waals surface area contributed by atoms with Crippen molar-refractivity contribution in [1.29, 1.82) is 0 Å². The van der Waals surface area contributed by atoms with E-state index in [1.54, 1.807) is 0 Å². The molecule has 0 heterocycles. The van der Waals surface area contributed by atoms with Gasteiger partial charge in [-0.05, 0) is 64.2 Å². The molecule has 0 unspecified atom stereocenters. The fraction of sp³-hybridized carbons (Fsp3) is 0.533. The Balaban J connectivity index is 0. The predicted octanol–water partition coefficient (Wildman–Crippen LogP) is 9.25. The Morgan fingerprint density at radius 2 is 0.710 bits per heavy atom. The van der Waals surface area contributed by atoms with Crippen molar-refractivity contribution in [3.63, 3.8) is 0 Å². The molecule has 0 aromatic heterocycles. The first kappa shape index (κ1) is 33.5. The normalized spacial score (nSPS) is 16.1. The summed E-state index contributed by atoms with van der Waals surface area (Å²) in [7, 11) is 0. The average molecular weight is 498 g/mol. The molecule has 2 aliphatic carbocycles. The van der Waals surface area contributed by atoms with Crippen molar-refractivity contribution in [2.75, 3.05) is 0 Å². The topological polar surface area (TPSA) is 0 Å². The third-order valence-electron chi connectivity index (χ3n) is 4.77. The van der Waals surface area contributed by atoms with E-state index in [0.29, 0.717) is 0 Å². The van der Waals surface area contributed by atoms with Gasteiger partial charge >= 0.3 is 26.2 Å². The third kappa shape index (κ3) is 23.3. The molecule has 0 atom stereocenters. The zero-order valence-electron chi connectivity index (χ0n) is 20.8. The molecular weight excluding hydrogens is 452 g/mol. The quantitative estimate of drug-likeness (QED) is 0.135. The number of unbranched alkanes of at least 4 members (excludes halogenated alkanes) is 6. The predicted molar refractivity (Wildman–Crippen MR) is 135 cm³/mol. The molecule has 2 saturated carbocycles. The molecule has 0 nitrogen and oxygen atoms in total. The molecule has 2 fully saturated rings. The van der Waals surface area contributed by atoms with Crippen LogP contribution in [-0.2, 0) is 26.2 Å². The van der Waals surface area contributed by atoms with Crippen molar-refractivity contribution >= 4 is 0 Å². The van der Waals surface area contributed by atoms with Gasteiger partial charge < -0.3 is 23.3 Å². The smallest absolute Gasteiger partial charge is 0.373 e. The van der Waals surface area contributed by atoms with Crippen LogP contribution in [0.15, 0.2) is 11.1 Å². The number of hydrogen-bond donors (Lipinski definition) is 0. The van der Waals surface area contributed by atoms with Crippen LogP contribution in [0.25, 0.3) is 0 Å². The molecule has 10 radical (unpaired) electrons. The van der Waals surface area contributed by atoms with Gasteiger partial charge in [0, 0.05) is 0 Å². The van der Waals surface area contributed by atoms with E-state index >= 15 is 0 Å². The molecule has 168 valence electrons. The minimum Gasteiger partial charge on any atom is -0.373 e. The van der Waals surface area contributed by atoms with Gasteiger partial charge in [0.25, 0.3) is 0 Å². The van der Waals surface area contributed by atoms with Gasteiger partial charge in [-0.25, -0.2) is 0 Å². The van der Waals surface area contributed by atoms with Crippen molar-refractivity contribution in [3.05, 3.63) is 87.5 Å². The molecule has 0 spiro atoms. The number of rotatable bonds is 13. The fourth-order valence-corrected chi connectivity index (χ4v) is 2.87. The number of hydrogen-bond acceptors (Lipinski definition) is 0. The van der Waals surface area contributed by atoms with Crippen LogP contribution in [0.1, 0.15) is 105 Å². The summed E-state index contributed by atoms with van der Waals surface area (Å²) in [6.45, 7) is 9.07. The van der Waals surface area contributed by atoms with Crippen molar-refractivity contribution in [2.24, 2.45) is 0 Å². The van der Waals surface area contributed by atoms with E-state index in [-0.39, 0.29) is 26.2 Å². The largest absolute Gasteiger partial charge is 4.00 e. The van der Waals surface area contributed by atoms with Crippen LogP contribution < -0.4 is 0 Å². The summed E-state index contributed by atoms with van der Waals surface area (Å²) in [4.78, 5) is 0. The molecule has 0 aromatic carbocycles. The van der Waals surface area contributed by atoms with E-state index in [0.717, 1.165) is 12.8 Å². The second kappa shape index (κ2) is 28.4. The summed E-state index contributed by atoms with van der Waals surface area (Å²) in [5.74, 6) is 0. The van der Waals surface area contributed by atoms with Gasteiger partial charge in [0.15, 0.2) is 0 Å². The second-order valence-electron chi connectivity index (χ2n) is 7.65. The molecule has 0 bridgehead atoms. The van der Waals surface area contributed by atoms with Crippen molar-refractivity contribution in [1.82, 2.24) is 0 Å². The molecule has 0 aliphatic heterocycles. The van der Waals surface area contributed by atoms with Crippen LogP contribution >= 0.6 is 0 Å². The van der Waals surface area contributed by atoms with Crippen molar-refractivity contribution in [3.8, 4) is 0 Å². The minimum atomic E-state index is 0. The van der Waals surface area contributed by atoms with Gasteiger partial charge in [0.2, 0.25) is 0 Å². The van der Waals surface area contributed by atoms with E-state index < -0.39 is 0 Å². The standard InChI is InChI=1S/C20H36.2C5H5.Zr/c1-5-9-13-17-19(15-11-7-3)20(16-12-8-4)18-14-10-6-2;2*1-2-4-5-3-1;/h5-16H2,1-4H3;2*1-5H;/q-2;;;+4. The SMILES string of the molecule is CCCC[C-]=C(CCCC)C(=[C-]CCCC)CCCC.[CH]1[CH][CH][CH][CH]1.[CH]1[CH][CH][CH][CH]1.[Zr+4]. The Morgan fingerprint density at radius 3 is 0.935 bits per heavy atom. The van der Waals surface area contributed by atoms with Crippen LogP contribution in [0.5, 0.6) is 0 Å². The molecular formula is C30H46Zr+2.